The first-order valence-corrected chi connectivity index (χ1v) is 10.4. The van der Waals surface area contributed by atoms with Gasteiger partial charge in [-0.3, -0.25) is 0 Å². The lowest BCUT2D eigenvalue weighted by molar-refractivity contribution is 0.0696. The minimum absolute atomic E-state index is 0.175. The fourth-order valence-corrected chi connectivity index (χ4v) is 2.94. The van der Waals surface area contributed by atoms with Gasteiger partial charge >= 0.3 is 5.97 Å². The standard InChI is InChI=1S/C17H25NO3Si/c1-17(2,3)22(4,5)21-10-6-7-13-11-14(16(19)20)8-9-15(13)12-18/h8-9,11H,6-7,10H2,1-5H3,(H,19,20). The van der Waals surface area contributed by atoms with E-state index in [1.807, 2.05) is 0 Å². The topological polar surface area (TPSA) is 70.3 Å². The summed E-state index contributed by atoms with van der Waals surface area (Å²) in [6.45, 7) is 11.6. The van der Waals surface area contributed by atoms with Crippen LogP contribution in [0.4, 0.5) is 0 Å². The van der Waals surface area contributed by atoms with Crippen molar-refractivity contribution in [2.24, 2.45) is 0 Å². The number of hydrogen-bond donors (Lipinski definition) is 1. The smallest absolute Gasteiger partial charge is 0.335 e. The van der Waals surface area contributed by atoms with Crippen molar-refractivity contribution in [3.63, 3.8) is 0 Å². The molecule has 0 heterocycles. The lowest BCUT2D eigenvalue weighted by Crippen LogP contribution is -2.41. The molecule has 1 N–H and O–H groups in total. The van der Waals surface area contributed by atoms with E-state index in [2.05, 4.69) is 39.9 Å². The van der Waals surface area contributed by atoms with E-state index >= 15 is 0 Å². The Hall–Kier alpha value is -1.64. The van der Waals surface area contributed by atoms with Gasteiger partial charge in [0.15, 0.2) is 8.32 Å². The maximum atomic E-state index is 11.0. The predicted octanol–water partition coefficient (Wildman–Crippen LogP) is 4.21. The van der Waals surface area contributed by atoms with E-state index in [1.165, 1.54) is 6.07 Å². The molecule has 5 heteroatoms. The van der Waals surface area contributed by atoms with Crippen LogP contribution in [0.25, 0.3) is 0 Å². The molecule has 4 nitrogen and oxygen atoms in total. The van der Waals surface area contributed by atoms with Crippen molar-refractivity contribution in [2.75, 3.05) is 6.61 Å². The molecule has 0 aliphatic heterocycles. The van der Waals surface area contributed by atoms with Gasteiger partial charge in [-0.15, -0.1) is 0 Å². The van der Waals surface area contributed by atoms with Gasteiger partial charge in [0.2, 0.25) is 0 Å². The molecule has 0 saturated carbocycles. The van der Waals surface area contributed by atoms with Crippen molar-refractivity contribution in [3.8, 4) is 6.07 Å². The minimum Gasteiger partial charge on any atom is -0.478 e. The molecule has 0 saturated heterocycles. The van der Waals surface area contributed by atoms with Crippen LogP contribution in [0, 0.1) is 11.3 Å². The van der Waals surface area contributed by atoms with Crippen molar-refractivity contribution in [1.82, 2.24) is 0 Å². The number of aryl methyl sites for hydroxylation is 1. The fraction of sp³-hybridized carbons (Fsp3) is 0.529. The van der Waals surface area contributed by atoms with Gasteiger partial charge < -0.3 is 9.53 Å². The monoisotopic (exact) mass is 319 g/mol. The number of aromatic carboxylic acids is 1. The lowest BCUT2D eigenvalue weighted by atomic mass is 10.0. The molecule has 0 aromatic heterocycles. The largest absolute Gasteiger partial charge is 0.478 e. The number of hydrogen-bond acceptors (Lipinski definition) is 3. The molecule has 0 spiro atoms. The highest BCUT2D eigenvalue weighted by Crippen LogP contribution is 2.36. The SMILES string of the molecule is CC(C)(C)[Si](C)(C)OCCCc1cc(C(=O)O)ccc1C#N. The van der Waals surface area contributed by atoms with Crippen LogP contribution in [0.1, 0.15) is 48.7 Å². The van der Waals surface area contributed by atoms with Gasteiger partial charge in [0.05, 0.1) is 17.2 Å². The number of rotatable bonds is 6. The van der Waals surface area contributed by atoms with E-state index in [0.717, 1.165) is 12.0 Å². The summed E-state index contributed by atoms with van der Waals surface area (Å²) in [7, 11) is -1.75. The minimum atomic E-state index is -1.75. The zero-order valence-corrected chi connectivity index (χ0v) is 15.1. The van der Waals surface area contributed by atoms with Crippen molar-refractivity contribution in [2.45, 2.75) is 51.7 Å². The molecular formula is C17H25NO3Si. The summed E-state index contributed by atoms with van der Waals surface area (Å²) in [5.74, 6) is -0.969. The molecule has 1 aromatic rings. The van der Waals surface area contributed by atoms with Gasteiger partial charge in [-0.25, -0.2) is 4.79 Å². The van der Waals surface area contributed by atoms with E-state index in [9.17, 15) is 4.79 Å². The summed E-state index contributed by atoms with van der Waals surface area (Å²) < 4.78 is 6.11. The van der Waals surface area contributed by atoms with Crippen molar-refractivity contribution in [3.05, 3.63) is 34.9 Å². The van der Waals surface area contributed by atoms with E-state index in [4.69, 9.17) is 14.8 Å². The Morgan fingerprint density at radius 3 is 2.50 bits per heavy atom. The highest BCUT2D eigenvalue weighted by Gasteiger charge is 2.36. The number of carboxylic acid groups (broad SMARTS) is 1. The number of carbonyl (C=O) groups is 1. The molecule has 0 amide bonds. The molecule has 22 heavy (non-hydrogen) atoms. The summed E-state index contributed by atoms with van der Waals surface area (Å²) >= 11 is 0. The fourth-order valence-electron chi connectivity index (χ4n) is 1.85. The Balaban J connectivity index is 2.67. The maximum absolute atomic E-state index is 11.0. The van der Waals surface area contributed by atoms with Crippen LogP contribution in [0.2, 0.25) is 18.1 Å². The van der Waals surface area contributed by atoms with Gasteiger partial charge in [0, 0.05) is 6.61 Å². The highest BCUT2D eigenvalue weighted by atomic mass is 28.4. The number of carboxylic acids is 1. The molecule has 0 atom stereocenters. The summed E-state index contributed by atoms with van der Waals surface area (Å²) in [5, 5.41) is 18.3. The Bertz CT molecular complexity index is 583. The van der Waals surface area contributed by atoms with Crippen LogP contribution < -0.4 is 0 Å². The number of nitrogens with zero attached hydrogens (tertiary/aromatic N) is 1. The van der Waals surface area contributed by atoms with Crippen molar-refractivity contribution >= 4 is 14.3 Å². The normalized spacial score (nSPS) is 12.0. The molecule has 0 bridgehead atoms. The summed E-state index contributed by atoms with van der Waals surface area (Å²) in [4.78, 5) is 11.0. The average Bonchev–Trinajstić information content (AvgIpc) is 2.42. The molecular weight excluding hydrogens is 294 g/mol. The predicted molar refractivity (Wildman–Crippen MR) is 89.6 cm³/mol. The molecule has 0 fully saturated rings. The number of nitriles is 1. The highest BCUT2D eigenvalue weighted by molar-refractivity contribution is 6.74. The second-order valence-electron chi connectivity index (χ2n) is 7.00. The van der Waals surface area contributed by atoms with Crippen LogP contribution in [-0.4, -0.2) is 26.0 Å². The van der Waals surface area contributed by atoms with Gasteiger partial charge in [-0.05, 0) is 54.7 Å². The van der Waals surface area contributed by atoms with Crippen LogP contribution in [0.15, 0.2) is 18.2 Å². The third-order valence-corrected chi connectivity index (χ3v) is 8.87. The molecule has 0 aliphatic carbocycles. The summed E-state index contributed by atoms with van der Waals surface area (Å²) in [6.07, 6.45) is 1.43. The maximum Gasteiger partial charge on any atom is 0.335 e. The number of benzene rings is 1. The first-order valence-electron chi connectivity index (χ1n) is 7.49. The molecule has 1 aromatic carbocycles. The Labute approximate surface area is 133 Å². The van der Waals surface area contributed by atoms with Crippen molar-refractivity contribution < 1.29 is 14.3 Å². The molecule has 1 rings (SSSR count). The first-order chi connectivity index (χ1) is 10.1. The van der Waals surface area contributed by atoms with Crippen LogP contribution in [-0.2, 0) is 10.8 Å². The van der Waals surface area contributed by atoms with Gasteiger partial charge in [0.1, 0.15) is 0 Å². The van der Waals surface area contributed by atoms with E-state index in [0.29, 0.717) is 18.6 Å². The molecule has 120 valence electrons. The second-order valence-corrected chi connectivity index (χ2v) is 11.8. The van der Waals surface area contributed by atoms with E-state index in [-0.39, 0.29) is 10.6 Å². The van der Waals surface area contributed by atoms with Gasteiger partial charge in [0.25, 0.3) is 0 Å². The zero-order valence-electron chi connectivity index (χ0n) is 14.1. The summed E-state index contributed by atoms with van der Waals surface area (Å²) in [5.41, 5.74) is 1.54. The summed E-state index contributed by atoms with van der Waals surface area (Å²) in [6, 6.07) is 6.75. The zero-order chi connectivity index (χ0) is 17.0. The molecule has 0 aliphatic rings. The van der Waals surface area contributed by atoms with Crippen molar-refractivity contribution in [1.29, 1.82) is 5.26 Å². The third-order valence-electron chi connectivity index (χ3n) is 4.33. The van der Waals surface area contributed by atoms with Gasteiger partial charge in [-0.2, -0.15) is 5.26 Å². The Morgan fingerprint density at radius 2 is 2.00 bits per heavy atom. The quantitative estimate of drug-likeness (QED) is 0.630. The van der Waals surface area contributed by atoms with Crippen LogP contribution >= 0.6 is 0 Å². The van der Waals surface area contributed by atoms with E-state index < -0.39 is 14.3 Å². The molecule has 0 unspecified atom stereocenters. The second kappa shape index (κ2) is 7.08. The molecule has 0 radical (unpaired) electrons. The Kier molecular flexibility index (Phi) is 5.92. The third kappa shape index (κ3) is 4.69. The van der Waals surface area contributed by atoms with Crippen LogP contribution in [0.3, 0.4) is 0 Å². The van der Waals surface area contributed by atoms with Gasteiger partial charge in [-0.1, -0.05) is 20.8 Å². The average molecular weight is 319 g/mol. The van der Waals surface area contributed by atoms with E-state index in [1.54, 1.807) is 12.1 Å². The first kappa shape index (κ1) is 18.4. The Morgan fingerprint density at radius 1 is 1.36 bits per heavy atom. The lowest BCUT2D eigenvalue weighted by Gasteiger charge is -2.36. The van der Waals surface area contributed by atoms with Crippen LogP contribution in [0.5, 0.6) is 0 Å².